The minimum absolute atomic E-state index is 0.0106. The fourth-order valence-corrected chi connectivity index (χ4v) is 2.99. The van der Waals surface area contributed by atoms with E-state index in [4.69, 9.17) is 18.8 Å². The Kier molecular flexibility index (Phi) is 7.44. The minimum atomic E-state index is -6.27. The molecule has 1 N–H and O–H groups in total. The van der Waals surface area contributed by atoms with Crippen LogP contribution in [0.1, 0.15) is 24.8 Å². The Morgan fingerprint density at radius 2 is 1.90 bits per heavy atom. The van der Waals surface area contributed by atoms with Crippen molar-refractivity contribution < 1.29 is 54.3 Å². The Bertz CT molecular complexity index is 975. The molecule has 0 saturated carbocycles. The van der Waals surface area contributed by atoms with E-state index < -0.39 is 46.1 Å². The SMILES string of the molecule is C=C(COCCCCC(F)(F)C(F)(F)S(=O)(=O)O)C(=O)Oc1cccc2c1OC(=O)C2. The van der Waals surface area contributed by atoms with Gasteiger partial charge in [0, 0.05) is 18.6 Å². The van der Waals surface area contributed by atoms with Gasteiger partial charge in [-0.1, -0.05) is 18.7 Å². The lowest BCUT2D eigenvalue weighted by molar-refractivity contribution is -0.165. The average molecular weight is 470 g/mol. The molecule has 1 aromatic carbocycles. The highest BCUT2D eigenvalue weighted by atomic mass is 32.2. The summed E-state index contributed by atoms with van der Waals surface area (Å²) < 4.78 is 96.9. The fourth-order valence-electron chi connectivity index (χ4n) is 2.51. The molecule has 1 aliphatic rings. The highest BCUT2D eigenvalue weighted by Gasteiger charge is 2.64. The van der Waals surface area contributed by atoms with Gasteiger partial charge in [0.25, 0.3) is 0 Å². The maximum atomic E-state index is 13.3. The van der Waals surface area contributed by atoms with E-state index in [-0.39, 0.29) is 43.1 Å². The molecule has 172 valence electrons. The van der Waals surface area contributed by atoms with Gasteiger partial charge in [-0.25, -0.2) is 4.79 Å². The molecular weight excluding hydrogens is 452 g/mol. The van der Waals surface area contributed by atoms with E-state index in [9.17, 15) is 35.6 Å². The zero-order chi connectivity index (χ0) is 23.4. The lowest BCUT2D eigenvalue weighted by atomic mass is 10.1. The van der Waals surface area contributed by atoms with Crippen molar-refractivity contribution in [3.8, 4) is 11.5 Å². The van der Waals surface area contributed by atoms with Crippen LogP contribution < -0.4 is 9.47 Å². The molecule has 0 aliphatic carbocycles. The summed E-state index contributed by atoms with van der Waals surface area (Å²) in [6.07, 6.45) is -2.18. The monoisotopic (exact) mass is 470 g/mol. The number of benzene rings is 1. The van der Waals surface area contributed by atoms with E-state index in [1.807, 2.05) is 0 Å². The summed E-state index contributed by atoms with van der Waals surface area (Å²) in [5.41, 5.74) is 0.402. The first-order valence-corrected chi connectivity index (χ1v) is 10.2. The van der Waals surface area contributed by atoms with E-state index in [0.29, 0.717) is 5.56 Å². The van der Waals surface area contributed by atoms with E-state index >= 15 is 0 Å². The first-order chi connectivity index (χ1) is 14.3. The lowest BCUT2D eigenvalue weighted by Crippen LogP contribution is -2.46. The maximum absolute atomic E-state index is 13.3. The number of alkyl halides is 4. The zero-order valence-electron chi connectivity index (χ0n) is 15.9. The number of esters is 2. The fraction of sp³-hybridized carbons (Fsp3) is 0.444. The van der Waals surface area contributed by atoms with Gasteiger partial charge < -0.3 is 14.2 Å². The number of hydrogen-bond acceptors (Lipinski definition) is 7. The molecule has 0 bridgehead atoms. The molecule has 13 heteroatoms. The molecule has 0 unspecified atom stereocenters. The molecular formula is C18H18F4O8S. The molecule has 0 saturated heterocycles. The predicted molar refractivity (Wildman–Crippen MR) is 96.7 cm³/mol. The van der Waals surface area contributed by atoms with Gasteiger partial charge in [0.15, 0.2) is 11.5 Å². The van der Waals surface area contributed by atoms with Crippen LogP contribution in [-0.2, 0) is 30.9 Å². The van der Waals surface area contributed by atoms with Crippen LogP contribution in [-0.4, -0.2) is 49.3 Å². The number of halogens is 4. The molecule has 2 rings (SSSR count). The third-order valence-corrected chi connectivity index (χ3v) is 5.10. The maximum Gasteiger partial charge on any atom is 0.431 e. The third-order valence-electron chi connectivity index (χ3n) is 4.16. The summed E-state index contributed by atoms with van der Waals surface area (Å²) >= 11 is 0. The Hall–Kier alpha value is -2.51. The van der Waals surface area contributed by atoms with Crippen molar-refractivity contribution >= 4 is 22.1 Å². The van der Waals surface area contributed by atoms with Crippen molar-refractivity contribution in [1.29, 1.82) is 0 Å². The van der Waals surface area contributed by atoms with Gasteiger partial charge in [-0.3, -0.25) is 9.35 Å². The molecule has 1 heterocycles. The quantitative estimate of drug-likeness (QED) is 0.131. The van der Waals surface area contributed by atoms with E-state index in [1.54, 1.807) is 12.1 Å². The molecule has 8 nitrogen and oxygen atoms in total. The minimum Gasteiger partial charge on any atom is -0.422 e. The van der Waals surface area contributed by atoms with Gasteiger partial charge in [-0.2, -0.15) is 26.0 Å². The van der Waals surface area contributed by atoms with E-state index in [0.717, 1.165) is 0 Å². The number of fused-ring (bicyclic) bond motifs is 1. The van der Waals surface area contributed by atoms with Crippen LogP contribution in [0.3, 0.4) is 0 Å². The second-order valence-electron chi connectivity index (χ2n) is 6.59. The van der Waals surface area contributed by atoms with Gasteiger partial charge in [0.05, 0.1) is 18.6 Å². The summed E-state index contributed by atoms with van der Waals surface area (Å²) in [5.74, 6) is -6.22. The van der Waals surface area contributed by atoms with Crippen molar-refractivity contribution in [2.45, 2.75) is 36.9 Å². The largest absolute Gasteiger partial charge is 0.431 e. The van der Waals surface area contributed by atoms with Crippen molar-refractivity contribution in [3.63, 3.8) is 0 Å². The van der Waals surface area contributed by atoms with Crippen LogP contribution in [0.4, 0.5) is 17.6 Å². The third kappa shape index (κ3) is 5.80. The molecule has 0 spiro atoms. The Labute approximate surface area is 174 Å². The summed E-state index contributed by atoms with van der Waals surface area (Å²) in [5, 5.41) is -5.61. The number of ether oxygens (including phenoxy) is 3. The highest BCUT2D eigenvalue weighted by Crippen LogP contribution is 2.41. The molecule has 31 heavy (non-hydrogen) atoms. The van der Waals surface area contributed by atoms with Gasteiger partial charge >= 0.3 is 33.2 Å². The molecule has 0 amide bonds. The molecule has 1 aliphatic heterocycles. The Morgan fingerprint density at radius 3 is 2.55 bits per heavy atom. The van der Waals surface area contributed by atoms with Crippen LogP contribution in [0.25, 0.3) is 0 Å². The smallest absolute Gasteiger partial charge is 0.422 e. The van der Waals surface area contributed by atoms with E-state index in [1.165, 1.54) is 6.07 Å². The molecule has 0 atom stereocenters. The second kappa shape index (κ2) is 9.32. The van der Waals surface area contributed by atoms with Crippen molar-refractivity contribution in [1.82, 2.24) is 0 Å². The summed E-state index contributed by atoms with van der Waals surface area (Å²) in [7, 11) is -6.27. The highest BCUT2D eigenvalue weighted by molar-refractivity contribution is 7.87. The topological polar surface area (TPSA) is 116 Å². The van der Waals surface area contributed by atoms with Crippen molar-refractivity contribution in [2.75, 3.05) is 13.2 Å². The second-order valence-corrected chi connectivity index (χ2v) is 8.06. The first kappa shape index (κ1) is 24.8. The van der Waals surface area contributed by atoms with Gasteiger partial charge in [-0.05, 0) is 18.9 Å². The molecule has 0 fully saturated rings. The van der Waals surface area contributed by atoms with Crippen LogP contribution in [0.2, 0.25) is 0 Å². The van der Waals surface area contributed by atoms with E-state index in [2.05, 4.69) is 6.58 Å². The number of carbonyl (C=O) groups is 2. The number of rotatable bonds is 11. The lowest BCUT2D eigenvalue weighted by Gasteiger charge is -2.23. The molecule has 0 aromatic heterocycles. The Morgan fingerprint density at radius 1 is 1.23 bits per heavy atom. The zero-order valence-corrected chi connectivity index (χ0v) is 16.7. The van der Waals surface area contributed by atoms with Gasteiger partial charge in [0.1, 0.15) is 0 Å². The van der Waals surface area contributed by atoms with Crippen LogP contribution in [0.15, 0.2) is 30.4 Å². The van der Waals surface area contributed by atoms with Gasteiger partial charge in [0.2, 0.25) is 0 Å². The number of para-hydroxylation sites is 1. The van der Waals surface area contributed by atoms with Crippen LogP contribution in [0, 0.1) is 0 Å². The standard InChI is InChI=1S/C18H18F4O8S/c1-11(16(24)29-13-6-4-5-12-9-14(23)30-15(12)13)10-28-8-3-2-7-17(19,20)18(21,22)31(25,26)27/h4-6H,1-3,7-10H2,(H,25,26,27). The van der Waals surface area contributed by atoms with Crippen LogP contribution in [0.5, 0.6) is 11.5 Å². The molecule has 0 radical (unpaired) electrons. The number of carbonyl (C=O) groups excluding carboxylic acids is 2. The summed E-state index contributed by atoms with van der Waals surface area (Å²) in [6.45, 7) is 2.87. The van der Waals surface area contributed by atoms with Crippen molar-refractivity contribution in [3.05, 3.63) is 35.9 Å². The summed E-state index contributed by atoms with van der Waals surface area (Å²) in [4.78, 5) is 23.4. The number of hydrogen-bond donors (Lipinski definition) is 1. The normalized spacial score (nSPS) is 14.2. The average Bonchev–Trinajstić information content (AvgIpc) is 3.04. The Balaban J connectivity index is 1.74. The molecule has 1 aromatic rings. The number of unbranched alkanes of at least 4 members (excludes halogenated alkanes) is 1. The van der Waals surface area contributed by atoms with Gasteiger partial charge in [-0.15, -0.1) is 0 Å². The predicted octanol–water partition coefficient (Wildman–Crippen LogP) is 2.91. The van der Waals surface area contributed by atoms with Crippen molar-refractivity contribution in [2.24, 2.45) is 0 Å². The summed E-state index contributed by atoms with van der Waals surface area (Å²) in [6, 6.07) is 4.60. The first-order valence-electron chi connectivity index (χ1n) is 8.79. The van der Waals surface area contributed by atoms with Crippen LogP contribution >= 0.6 is 0 Å².